The van der Waals surface area contributed by atoms with Crippen molar-refractivity contribution in [1.29, 1.82) is 0 Å². The van der Waals surface area contributed by atoms with Gasteiger partial charge in [0.2, 0.25) is 5.91 Å². The van der Waals surface area contributed by atoms with Crippen LogP contribution in [-0.2, 0) is 4.79 Å². The Morgan fingerprint density at radius 3 is 2.78 bits per heavy atom. The largest absolute Gasteiger partial charge is 0.350 e. The first kappa shape index (κ1) is 15.6. The molecule has 1 amide bonds. The van der Waals surface area contributed by atoms with Crippen LogP contribution in [0, 0.1) is 0 Å². The van der Waals surface area contributed by atoms with Gasteiger partial charge in [0.1, 0.15) is 17.4 Å². The molecule has 3 heterocycles. The number of hydrogen-bond acceptors (Lipinski definition) is 5. The van der Waals surface area contributed by atoms with E-state index in [-0.39, 0.29) is 17.5 Å². The van der Waals surface area contributed by atoms with Gasteiger partial charge in [0.25, 0.3) is 0 Å². The Bertz CT molecular complexity index is 709. The molecule has 23 heavy (non-hydrogen) atoms. The van der Waals surface area contributed by atoms with Gasteiger partial charge in [-0.3, -0.25) is 9.78 Å². The van der Waals surface area contributed by atoms with Crippen molar-refractivity contribution < 1.29 is 4.79 Å². The normalized spacial score (nSPS) is 18.9. The summed E-state index contributed by atoms with van der Waals surface area (Å²) in [6.45, 7) is 6.84. The molecule has 0 aromatic carbocycles. The fraction of sp³-hybridized carbons (Fsp3) is 0.529. The van der Waals surface area contributed by atoms with E-state index in [0.717, 1.165) is 37.1 Å². The number of carbonyl (C=O) groups is 1. The molecule has 3 rings (SSSR count). The van der Waals surface area contributed by atoms with Crippen LogP contribution in [0.25, 0.3) is 11.2 Å². The number of rotatable bonds is 2. The Kier molecular flexibility index (Phi) is 4.15. The quantitative estimate of drug-likeness (QED) is 0.921. The third-order valence-corrected chi connectivity index (χ3v) is 3.91. The number of piperidine rings is 1. The van der Waals surface area contributed by atoms with Crippen LogP contribution in [-0.4, -0.2) is 39.0 Å². The van der Waals surface area contributed by atoms with Gasteiger partial charge >= 0.3 is 0 Å². The van der Waals surface area contributed by atoms with E-state index in [1.165, 1.54) is 0 Å². The Morgan fingerprint density at radius 1 is 1.22 bits per heavy atom. The first-order valence-electron chi connectivity index (χ1n) is 8.10. The van der Waals surface area contributed by atoms with Crippen molar-refractivity contribution in [2.24, 2.45) is 0 Å². The maximum Gasteiger partial charge on any atom is 0.243 e. The molecule has 0 unspecified atom stereocenters. The van der Waals surface area contributed by atoms with E-state index >= 15 is 0 Å². The molecule has 6 nitrogen and oxygen atoms in total. The molecule has 1 aliphatic heterocycles. The molecule has 1 fully saturated rings. The molecule has 0 spiro atoms. The van der Waals surface area contributed by atoms with Crippen LogP contribution < -0.4 is 10.2 Å². The van der Waals surface area contributed by atoms with Gasteiger partial charge in [-0.2, -0.15) is 0 Å². The lowest BCUT2D eigenvalue weighted by Crippen LogP contribution is -2.54. The highest BCUT2D eigenvalue weighted by atomic mass is 16.2. The molecule has 1 saturated heterocycles. The van der Waals surface area contributed by atoms with Crippen molar-refractivity contribution >= 4 is 22.9 Å². The predicted octanol–water partition coefficient (Wildman–Crippen LogP) is 2.30. The second-order valence-corrected chi connectivity index (χ2v) is 7.01. The number of hydrogen-bond donors (Lipinski definition) is 1. The summed E-state index contributed by atoms with van der Waals surface area (Å²) in [6.07, 6.45) is 6.27. The molecule has 2 aromatic rings. The molecular weight excluding hydrogens is 290 g/mol. The standard InChI is InChI=1S/C17H23N5O/c1-17(2,3)21-16(23)13-6-4-5-11-22(13)14-8-7-12-15(20-14)19-10-9-18-12/h7-10,13H,4-6,11H2,1-3H3,(H,21,23)/t13-/m0/s1. The summed E-state index contributed by atoms with van der Waals surface area (Å²) in [5.74, 6) is 0.866. The Labute approximate surface area is 136 Å². The minimum absolute atomic E-state index is 0.0678. The average Bonchev–Trinajstić information content (AvgIpc) is 2.53. The van der Waals surface area contributed by atoms with Crippen LogP contribution in [0.15, 0.2) is 24.5 Å². The number of aromatic nitrogens is 3. The first-order valence-corrected chi connectivity index (χ1v) is 8.10. The summed E-state index contributed by atoms with van der Waals surface area (Å²) >= 11 is 0. The van der Waals surface area contributed by atoms with Crippen molar-refractivity contribution in [1.82, 2.24) is 20.3 Å². The van der Waals surface area contributed by atoms with Gasteiger partial charge < -0.3 is 10.2 Å². The van der Waals surface area contributed by atoms with Crippen LogP contribution in [0.1, 0.15) is 40.0 Å². The second-order valence-electron chi connectivity index (χ2n) is 7.01. The zero-order valence-corrected chi connectivity index (χ0v) is 13.9. The highest BCUT2D eigenvalue weighted by Crippen LogP contribution is 2.25. The van der Waals surface area contributed by atoms with Gasteiger partial charge in [0.15, 0.2) is 5.65 Å². The predicted molar refractivity (Wildman–Crippen MR) is 90.2 cm³/mol. The van der Waals surface area contributed by atoms with Gasteiger partial charge in [0, 0.05) is 24.5 Å². The molecule has 122 valence electrons. The number of pyridine rings is 1. The molecule has 2 aromatic heterocycles. The van der Waals surface area contributed by atoms with Gasteiger partial charge in [0.05, 0.1) is 0 Å². The second kappa shape index (κ2) is 6.10. The molecular formula is C17H23N5O. The van der Waals surface area contributed by atoms with Gasteiger partial charge in [-0.1, -0.05) is 0 Å². The van der Waals surface area contributed by atoms with Gasteiger partial charge in [-0.25, -0.2) is 9.97 Å². The third-order valence-electron chi connectivity index (χ3n) is 3.91. The van der Waals surface area contributed by atoms with E-state index in [4.69, 9.17) is 0 Å². The van der Waals surface area contributed by atoms with Crippen molar-refractivity contribution in [3.8, 4) is 0 Å². The SMILES string of the molecule is CC(C)(C)NC(=O)[C@@H]1CCCCN1c1ccc2nccnc2n1. The van der Waals surface area contributed by atoms with Crippen LogP contribution in [0.5, 0.6) is 0 Å². The topological polar surface area (TPSA) is 71.0 Å². The fourth-order valence-corrected chi connectivity index (χ4v) is 2.94. The lowest BCUT2D eigenvalue weighted by Gasteiger charge is -2.37. The summed E-state index contributed by atoms with van der Waals surface area (Å²) in [4.78, 5) is 27.9. The number of nitrogens with one attached hydrogen (secondary N) is 1. The zero-order valence-electron chi connectivity index (χ0n) is 13.9. The molecule has 1 aliphatic rings. The lowest BCUT2D eigenvalue weighted by molar-refractivity contribution is -0.124. The van der Waals surface area contributed by atoms with Crippen molar-refractivity contribution in [3.05, 3.63) is 24.5 Å². The molecule has 6 heteroatoms. The summed E-state index contributed by atoms with van der Waals surface area (Å²) in [7, 11) is 0. The van der Waals surface area contributed by atoms with Crippen molar-refractivity contribution in [2.75, 3.05) is 11.4 Å². The zero-order chi connectivity index (χ0) is 16.4. The first-order chi connectivity index (χ1) is 10.9. The Morgan fingerprint density at radius 2 is 2.00 bits per heavy atom. The fourth-order valence-electron chi connectivity index (χ4n) is 2.94. The van der Waals surface area contributed by atoms with E-state index in [1.54, 1.807) is 12.4 Å². The van der Waals surface area contributed by atoms with E-state index in [2.05, 4.69) is 25.2 Å². The van der Waals surface area contributed by atoms with Crippen LogP contribution >= 0.6 is 0 Å². The number of anilines is 1. The molecule has 0 bridgehead atoms. The number of amides is 1. The maximum absolute atomic E-state index is 12.7. The van der Waals surface area contributed by atoms with Crippen LogP contribution in [0.3, 0.4) is 0 Å². The van der Waals surface area contributed by atoms with E-state index in [0.29, 0.717) is 5.65 Å². The maximum atomic E-state index is 12.7. The van der Waals surface area contributed by atoms with E-state index in [9.17, 15) is 4.79 Å². The van der Waals surface area contributed by atoms with Gasteiger partial charge in [-0.15, -0.1) is 0 Å². The molecule has 1 atom stereocenters. The van der Waals surface area contributed by atoms with Crippen molar-refractivity contribution in [3.63, 3.8) is 0 Å². The number of carbonyl (C=O) groups excluding carboxylic acids is 1. The monoisotopic (exact) mass is 313 g/mol. The summed E-state index contributed by atoms with van der Waals surface area (Å²) in [5, 5.41) is 3.09. The smallest absolute Gasteiger partial charge is 0.243 e. The molecule has 0 radical (unpaired) electrons. The minimum atomic E-state index is -0.234. The van der Waals surface area contributed by atoms with Crippen LogP contribution in [0.2, 0.25) is 0 Å². The highest BCUT2D eigenvalue weighted by Gasteiger charge is 2.31. The van der Waals surface area contributed by atoms with Gasteiger partial charge in [-0.05, 0) is 52.2 Å². The summed E-state index contributed by atoms with van der Waals surface area (Å²) < 4.78 is 0. The Balaban J connectivity index is 1.89. The average molecular weight is 313 g/mol. The molecule has 0 aliphatic carbocycles. The van der Waals surface area contributed by atoms with Crippen molar-refractivity contribution in [2.45, 2.75) is 51.6 Å². The third kappa shape index (κ3) is 3.57. The Hall–Kier alpha value is -2.24. The number of fused-ring (bicyclic) bond motifs is 1. The van der Waals surface area contributed by atoms with E-state index in [1.807, 2.05) is 32.9 Å². The number of nitrogens with zero attached hydrogens (tertiary/aromatic N) is 4. The molecule has 0 saturated carbocycles. The summed E-state index contributed by atoms with van der Waals surface area (Å²) in [5.41, 5.74) is 1.15. The molecule has 1 N–H and O–H groups in total. The lowest BCUT2D eigenvalue weighted by atomic mass is 9.99. The van der Waals surface area contributed by atoms with Crippen LogP contribution in [0.4, 0.5) is 5.82 Å². The summed E-state index contributed by atoms with van der Waals surface area (Å²) in [6, 6.07) is 3.67. The minimum Gasteiger partial charge on any atom is -0.350 e. The van der Waals surface area contributed by atoms with E-state index < -0.39 is 0 Å². The highest BCUT2D eigenvalue weighted by molar-refractivity contribution is 5.86.